The van der Waals surface area contributed by atoms with E-state index in [0.717, 1.165) is 12.2 Å². The molecule has 0 aliphatic carbocycles. The molecule has 0 saturated carbocycles. The minimum Gasteiger partial charge on any atom is -0.489 e. The van der Waals surface area contributed by atoms with Crippen LogP contribution >= 0.6 is 0 Å². The molecule has 1 aliphatic rings. The normalized spacial score (nSPS) is 20.6. The molecule has 2 rings (SSSR count). The number of rotatable bonds is 10. The van der Waals surface area contributed by atoms with Crippen LogP contribution in [0.5, 0.6) is 5.75 Å². The second-order valence-corrected chi connectivity index (χ2v) is 6.44. The van der Waals surface area contributed by atoms with Crippen molar-refractivity contribution in [3.05, 3.63) is 29.8 Å². The van der Waals surface area contributed by atoms with Gasteiger partial charge >= 0.3 is 5.97 Å². The lowest BCUT2D eigenvalue weighted by atomic mass is 10.0. The predicted molar refractivity (Wildman–Crippen MR) is 92.0 cm³/mol. The average Bonchev–Trinajstić information content (AvgIpc) is 3.01. The Morgan fingerprint density at radius 2 is 1.87 bits per heavy atom. The van der Waals surface area contributed by atoms with Gasteiger partial charge in [0.1, 0.15) is 17.9 Å². The van der Waals surface area contributed by atoms with Gasteiger partial charge in [-0.05, 0) is 30.5 Å². The van der Waals surface area contributed by atoms with E-state index in [1.54, 1.807) is 0 Å². The Kier molecular flexibility index (Phi) is 7.40. The highest BCUT2D eigenvalue weighted by molar-refractivity contribution is 5.73. The van der Waals surface area contributed by atoms with Gasteiger partial charge in [0.05, 0.1) is 0 Å². The predicted octanol–water partition coefficient (Wildman–Crippen LogP) is 3.78. The molecule has 2 atom stereocenters. The quantitative estimate of drug-likeness (QED) is 0.644. The highest BCUT2D eigenvalue weighted by Gasteiger charge is 2.30. The fourth-order valence-corrected chi connectivity index (χ4v) is 3.02. The Morgan fingerprint density at radius 1 is 1.17 bits per heavy atom. The molecule has 0 amide bonds. The van der Waals surface area contributed by atoms with E-state index >= 15 is 0 Å². The number of nitrogens with one attached hydrogen (secondary N) is 1. The maximum atomic E-state index is 10.9. The molecular formula is C19H29NO3. The summed E-state index contributed by atoms with van der Waals surface area (Å²) in [6.45, 7) is 2.84. The van der Waals surface area contributed by atoms with Crippen molar-refractivity contribution in [1.29, 1.82) is 0 Å². The largest absolute Gasteiger partial charge is 0.489 e. The fraction of sp³-hybridized carbons (Fsp3) is 0.632. The topological polar surface area (TPSA) is 58.6 Å². The van der Waals surface area contributed by atoms with E-state index in [9.17, 15) is 4.79 Å². The van der Waals surface area contributed by atoms with Gasteiger partial charge in [-0.3, -0.25) is 4.79 Å². The van der Waals surface area contributed by atoms with Crippen molar-refractivity contribution in [3.63, 3.8) is 0 Å². The van der Waals surface area contributed by atoms with Crippen LogP contribution in [-0.2, 0) is 11.2 Å². The fourth-order valence-electron chi connectivity index (χ4n) is 3.02. The Hall–Kier alpha value is -1.55. The van der Waals surface area contributed by atoms with Gasteiger partial charge in [-0.25, -0.2) is 0 Å². The second kappa shape index (κ2) is 9.56. The van der Waals surface area contributed by atoms with Gasteiger partial charge < -0.3 is 15.2 Å². The van der Waals surface area contributed by atoms with E-state index in [1.807, 2.05) is 12.1 Å². The van der Waals surface area contributed by atoms with Gasteiger partial charge in [0.15, 0.2) is 0 Å². The van der Waals surface area contributed by atoms with Crippen LogP contribution in [-0.4, -0.2) is 29.8 Å². The van der Waals surface area contributed by atoms with Gasteiger partial charge in [-0.1, -0.05) is 51.2 Å². The van der Waals surface area contributed by atoms with Crippen molar-refractivity contribution < 1.29 is 14.6 Å². The number of carbonyl (C=O) groups is 1. The van der Waals surface area contributed by atoms with Crippen molar-refractivity contribution in [2.24, 2.45) is 0 Å². The highest BCUT2D eigenvalue weighted by Crippen LogP contribution is 2.19. The van der Waals surface area contributed by atoms with Crippen molar-refractivity contribution in [2.45, 2.75) is 70.4 Å². The summed E-state index contributed by atoms with van der Waals surface area (Å²) < 4.78 is 5.85. The monoisotopic (exact) mass is 319 g/mol. The lowest BCUT2D eigenvalue weighted by Crippen LogP contribution is -2.30. The molecular weight excluding hydrogens is 290 g/mol. The van der Waals surface area contributed by atoms with Crippen LogP contribution in [0.2, 0.25) is 0 Å². The number of aryl methyl sites for hydroxylation is 1. The number of benzene rings is 1. The molecule has 4 nitrogen and oxygen atoms in total. The Bertz CT molecular complexity index is 472. The third-order valence-corrected chi connectivity index (χ3v) is 4.43. The molecule has 0 bridgehead atoms. The second-order valence-electron chi connectivity index (χ2n) is 6.44. The van der Waals surface area contributed by atoms with E-state index in [0.29, 0.717) is 13.0 Å². The Labute approximate surface area is 139 Å². The van der Waals surface area contributed by atoms with E-state index < -0.39 is 12.0 Å². The maximum absolute atomic E-state index is 10.9. The maximum Gasteiger partial charge on any atom is 0.320 e. The molecule has 4 heteroatoms. The first-order valence-electron chi connectivity index (χ1n) is 8.91. The number of hydrogen-bond donors (Lipinski definition) is 2. The number of hydrogen-bond acceptors (Lipinski definition) is 3. The number of unbranched alkanes of at least 4 members (excludes halogenated alkanes) is 5. The summed E-state index contributed by atoms with van der Waals surface area (Å²) in [5.74, 6) is 0.0277. The molecule has 1 fully saturated rings. The van der Waals surface area contributed by atoms with E-state index in [4.69, 9.17) is 9.84 Å². The summed E-state index contributed by atoms with van der Waals surface area (Å²) in [6.07, 6.45) is 9.49. The summed E-state index contributed by atoms with van der Waals surface area (Å²) >= 11 is 0. The molecule has 0 spiro atoms. The average molecular weight is 319 g/mol. The molecule has 0 unspecified atom stereocenters. The number of ether oxygens (including phenoxy) is 1. The minimum absolute atomic E-state index is 0.0551. The zero-order valence-electron chi connectivity index (χ0n) is 14.1. The summed E-state index contributed by atoms with van der Waals surface area (Å²) in [5.41, 5.74) is 1.35. The van der Waals surface area contributed by atoms with Crippen LogP contribution in [0.3, 0.4) is 0 Å². The summed E-state index contributed by atoms with van der Waals surface area (Å²) in [5, 5.41) is 11.9. The molecule has 23 heavy (non-hydrogen) atoms. The van der Waals surface area contributed by atoms with E-state index in [2.05, 4.69) is 24.4 Å². The first kappa shape index (κ1) is 17.8. The van der Waals surface area contributed by atoms with Crippen LogP contribution in [0, 0.1) is 0 Å². The van der Waals surface area contributed by atoms with Gasteiger partial charge in [-0.2, -0.15) is 0 Å². The van der Waals surface area contributed by atoms with Crippen molar-refractivity contribution >= 4 is 5.97 Å². The van der Waals surface area contributed by atoms with Crippen molar-refractivity contribution in [2.75, 3.05) is 6.54 Å². The number of aliphatic carboxylic acids is 1. The minimum atomic E-state index is -0.801. The summed E-state index contributed by atoms with van der Waals surface area (Å²) in [7, 11) is 0. The zero-order chi connectivity index (χ0) is 16.5. The number of carboxylic acids is 1. The standard InChI is InChI=1S/C19H29NO3/c1-2-3-4-5-6-7-8-15-9-11-16(12-10-15)23-17-13-18(19(21)22)20-14-17/h9-12,17-18,20H,2-8,13-14H2,1H3,(H,21,22)/t17-,18+/m0/s1. The lowest BCUT2D eigenvalue weighted by Gasteiger charge is -2.13. The smallest absolute Gasteiger partial charge is 0.320 e. The SMILES string of the molecule is CCCCCCCCc1ccc(O[C@@H]2CN[C@@H](C(=O)O)C2)cc1. The summed E-state index contributed by atoms with van der Waals surface area (Å²) in [6, 6.07) is 7.77. The molecule has 128 valence electrons. The van der Waals surface area contributed by atoms with Crippen molar-refractivity contribution in [3.8, 4) is 5.75 Å². The first-order chi connectivity index (χ1) is 11.2. The van der Waals surface area contributed by atoms with Gasteiger partial charge in [0.25, 0.3) is 0 Å². The number of carboxylic acid groups (broad SMARTS) is 1. The van der Waals surface area contributed by atoms with E-state index in [1.165, 1.54) is 44.1 Å². The highest BCUT2D eigenvalue weighted by atomic mass is 16.5. The first-order valence-corrected chi connectivity index (χ1v) is 8.91. The van der Waals surface area contributed by atoms with Gasteiger partial charge in [0.2, 0.25) is 0 Å². The van der Waals surface area contributed by atoms with Gasteiger partial charge in [-0.15, -0.1) is 0 Å². The van der Waals surface area contributed by atoms with E-state index in [-0.39, 0.29) is 6.10 Å². The molecule has 1 saturated heterocycles. The molecule has 1 aromatic carbocycles. The lowest BCUT2D eigenvalue weighted by molar-refractivity contribution is -0.139. The van der Waals surface area contributed by atoms with Crippen LogP contribution in [0.4, 0.5) is 0 Å². The Morgan fingerprint density at radius 3 is 2.52 bits per heavy atom. The molecule has 1 aromatic rings. The Balaban J connectivity index is 1.67. The van der Waals surface area contributed by atoms with Crippen LogP contribution in [0.15, 0.2) is 24.3 Å². The van der Waals surface area contributed by atoms with Crippen LogP contribution < -0.4 is 10.1 Å². The molecule has 1 aliphatic heterocycles. The molecule has 1 heterocycles. The molecule has 0 aromatic heterocycles. The summed E-state index contributed by atoms with van der Waals surface area (Å²) in [4.78, 5) is 10.9. The van der Waals surface area contributed by atoms with Crippen LogP contribution in [0.25, 0.3) is 0 Å². The molecule has 0 radical (unpaired) electrons. The van der Waals surface area contributed by atoms with Crippen LogP contribution in [0.1, 0.15) is 57.4 Å². The third kappa shape index (κ3) is 6.22. The third-order valence-electron chi connectivity index (χ3n) is 4.43. The zero-order valence-corrected chi connectivity index (χ0v) is 14.1. The molecule has 2 N–H and O–H groups in total. The van der Waals surface area contributed by atoms with Crippen molar-refractivity contribution in [1.82, 2.24) is 5.32 Å². The van der Waals surface area contributed by atoms with Gasteiger partial charge in [0, 0.05) is 13.0 Å².